The van der Waals surface area contributed by atoms with Crippen molar-refractivity contribution in [2.45, 2.75) is 37.8 Å². The van der Waals surface area contributed by atoms with Crippen molar-refractivity contribution >= 4 is 17.5 Å². The lowest BCUT2D eigenvalue weighted by Crippen LogP contribution is -2.48. The zero-order chi connectivity index (χ0) is 16.9. The molecule has 0 aliphatic heterocycles. The summed E-state index contributed by atoms with van der Waals surface area (Å²) in [6, 6.07) is 7.69. The van der Waals surface area contributed by atoms with Crippen LogP contribution in [0.4, 0.5) is 0 Å². The second-order valence-corrected chi connectivity index (χ2v) is 6.51. The first-order chi connectivity index (χ1) is 11.0. The van der Waals surface area contributed by atoms with Gasteiger partial charge in [-0.1, -0.05) is 11.6 Å². The lowest BCUT2D eigenvalue weighted by atomic mass is 10.00. The van der Waals surface area contributed by atoms with E-state index in [1.54, 1.807) is 13.2 Å². The maximum absolute atomic E-state index is 12.2. The predicted octanol–water partition coefficient (Wildman–Crippen LogP) is 2.73. The zero-order valence-electron chi connectivity index (χ0n) is 13.6. The van der Waals surface area contributed by atoms with Gasteiger partial charge in [-0.3, -0.25) is 9.69 Å². The van der Waals surface area contributed by atoms with Crippen LogP contribution in [0, 0.1) is 11.3 Å². The molecular formula is C17H22ClN3O2. The third kappa shape index (κ3) is 4.60. The third-order valence-corrected chi connectivity index (χ3v) is 4.38. The van der Waals surface area contributed by atoms with Gasteiger partial charge < -0.3 is 10.1 Å². The molecule has 0 radical (unpaired) electrons. The summed E-state index contributed by atoms with van der Waals surface area (Å²) in [4.78, 5) is 14.1. The molecule has 1 amide bonds. The largest absolute Gasteiger partial charge is 0.496 e. The first-order valence-corrected chi connectivity index (χ1v) is 8.09. The number of benzene rings is 1. The molecule has 1 fully saturated rings. The van der Waals surface area contributed by atoms with Gasteiger partial charge in [-0.2, -0.15) is 5.26 Å². The van der Waals surface area contributed by atoms with Crippen molar-refractivity contribution in [1.82, 2.24) is 10.2 Å². The standard InChI is InChI=1S/C17H22ClN3O2/c1-21(10-13-9-14(18)5-6-15(13)23-2)11-16(22)20-17(12-19)7-3-4-8-17/h5-6,9H,3-4,7-8,10-11H2,1-2H3,(H,20,22). The van der Waals surface area contributed by atoms with E-state index in [1.165, 1.54) is 0 Å². The van der Waals surface area contributed by atoms with Crippen LogP contribution in [0.15, 0.2) is 18.2 Å². The normalized spacial score (nSPS) is 16.1. The van der Waals surface area contributed by atoms with Gasteiger partial charge in [-0.15, -0.1) is 0 Å². The highest BCUT2D eigenvalue weighted by atomic mass is 35.5. The minimum atomic E-state index is -0.675. The van der Waals surface area contributed by atoms with Gasteiger partial charge in [0.25, 0.3) is 0 Å². The predicted molar refractivity (Wildman–Crippen MR) is 89.3 cm³/mol. The molecule has 1 aromatic rings. The lowest BCUT2D eigenvalue weighted by Gasteiger charge is -2.24. The Morgan fingerprint density at radius 2 is 2.17 bits per heavy atom. The van der Waals surface area contributed by atoms with Crippen LogP contribution in [-0.2, 0) is 11.3 Å². The molecule has 0 atom stereocenters. The van der Waals surface area contributed by atoms with E-state index in [0.29, 0.717) is 11.6 Å². The third-order valence-electron chi connectivity index (χ3n) is 4.15. The summed E-state index contributed by atoms with van der Waals surface area (Å²) in [6.07, 6.45) is 3.45. The summed E-state index contributed by atoms with van der Waals surface area (Å²) in [5.74, 6) is 0.614. The Hall–Kier alpha value is -1.77. The van der Waals surface area contributed by atoms with Crippen molar-refractivity contribution in [2.24, 2.45) is 0 Å². The summed E-state index contributed by atoms with van der Waals surface area (Å²) in [6.45, 7) is 0.760. The molecule has 23 heavy (non-hydrogen) atoms. The number of nitriles is 1. The monoisotopic (exact) mass is 335 g/mol. The number of ether oxygens (including phenoxy) is 1. The Morgan fingerprint density at radius 1 is 1.48 bits per heavy atom. The average Bonchev–Trinajstić information content (AvgIpc) is 2.96. The number of rotatable bonds is 6. The van der Waals surface area contributed by atoms with E-state index in [2.05, 4.69) is 11.4 Å². The number of amides is 1. The zero-order valence-corrected chi connectivity index (χ0v) is 14.3. The van der Waals surface area contributed by atoms with E-state index in [1.807, 2.05) is 24.1 Å². The van der Waals surface area contributed by atoms with Crippen LogP contribution >= 0.6 is 11.6 Å². The molecule has 0 aromatic heterocycles. The number of likely N-dealkylation sites (N-methyl/N-ethyl adjacent to an activating group) is 1. The molecule has 0 unspecified atom stereocenters. The van der Waals surface area contributed by atoms with E-state index in [4.69, 9.17) is 16.3 Å². The fraction of sp³-hybridized carbons (Fsp3) is 0.529. The van der Waals surface area contributed by atoms with Crippen molar-refractivity contribution in [2.75, 3.05) is 20.7 Å². The fourth-order valence-corrected chi connectivity index (χ4v) is 3.21. The summed E-state index contributed by atoms with van der Waals surface area (Å²) in [7, 11) is 3.46. The van der Waals surface area contributed by atoms with Gasteiger partial charge in [-0.05, 0) is 50.9 Å². The topological polar surface area (TPSA) is 65.4 Å². The first kappa shape index (κ1) is 17.6. The summed E-state index contributed by atoms with van der Waals surface area (Å²) in [5, 5.41) is 12.9. The van der Waals surface area contributed by atoms with Gasteiger partial charge in [-0.25, -0.2) is 0 Å². The van der Waals surface area contributed by atoms with Crippen molar-refractivity contribution in [3.63, 3.8) is 0 Å². The molecule has 1 aliphatic carbocycles. The van der Waals surface area contributed by atoms with Gasteiger partial charge in [0.2, 0.25) is 5.91 Å². The van der Waals surface area contributed by atoms with Gasteiger partial charge >= 0.3 is 0 Å². The Kier molecular flexibility index (Phi) is 5.86. The summed E-state index contributed by atoms with van der Waals surface area (Å²) < 4.78 is 5.32. The molecule has 124 valence electrons. The molecule has 1 aliphatic rings. The highest BCUT2D eigenvalue weighted by molar-refractivity contribution is 6.30. The van der Waals surface area contributed by atoms with Gasteiger partial charge in [0.05, 0.1) is 19.7 Å². The fourth-order valence-electron chi connectivity index (χ4n) is 3.01. The van der Waals surface area contributed by atoms with Crippen LogP contribution in [0.3, 0.4) is 0 Å². The number of methoxy groups -OCH3 is 1. The lowest BCUT2D eigenvalue weighted by molar-refractivity contribution is -0.123. The first-order valence-electron chi connectivity index (χ1n) is 7.71. The van der Waals surface area contributed by atoms with E-state index < -0.39 is 5.54 Å². The molecule has 2 rings (SSSR count). The molecule has 6 heteroatoms. The van der Waals surface area contributed by atoms with E-state index >= 15 is 0 Å². The number of carbonyl (C=O) groups excluding carboxylic acids is 1. The van der Waals surface area contributed by atoms with Crippen molar-refractivity contribution in [3.8, 4) is 11.8 Å². The van der Waals surface area contributed by atoms with Gasteiger partial charge in [0, 0.05) is 17.1 Å². The molecule has 0 heterocycles. The van der Waals surface area contributed by atoms with E-state index in [-0.39, 0.29) is 12.5 Å². The Morgan fingerprint density at radius 3 is 2.78 bits per heavy atom. The molecule has 5 nitrogen and oxygen atoms in total. The number of halogens is 1. The SMILES string of the molecule is COc1ccc(Cl)cc1CN(C)CC(=O)NC1(C#N)CCCC1. The number of carbonyl (C=O) groups is 1. The van der Waals surface area contributed by atoms with Crippen molar-refractivity contribution in [3.05, 3.63) is 28.8 Å². The summed E-state index contributed by atoms with van der Waals surface area (Å²) in [5.41, 5.74) is 0.247. The van der Waals surface area contributed by atoms with E-state index in [0.717, 1.165) is 37.0 Å². The second-order valence-electron chi connectivity index (χ2n) is 6.08. The maximum Gasteiger partial charge on any atom is 0.235 e. The van der Waals surface area contributed by atoms with Crippen LogP contribution in [0.25, 0.3) is 0 Å². The molecule has 0 bridgehead atoms. The van der Waals surface area contributed by atoms with Crippen molar-refractivity contribution in [1.29, 1.82) is 5.26 Å². The Balaban J connectivity index is 1.94. The minimum Gasteiger partial charge on any atom is -0.496 e. The highest BCUT2D eigenvalue weighted by Gasteiger charge is 2.35. The Bertz CT molecular complexity index is 606. The number of hydrogen-bond donors (Lipinski definition) is 1. The van der Waals surface area contributed by atoms with Crippen LogP contribution < -0.4 is 10.1 Å². The Labute approximate surface area is 142 Å². The average molecular weight is 336 g/mol. The smallest absolute Gasteiger partial charge is 0.235 e. The summed E-state index contributed by atoms with van der Waals surface area (Å²) >= 11 is 6.02. The van der Waals surface area contributed by atoms with Gasteiger partial charge in [0.1, 0.15) is 11.3 Å². The quantitative estimate of drug-likeness (QED) is 0.868. The molecule has 1 saturated carbocycles. The second kappa shape index (κ2) is 7.67. The number of nitrogens with one attached hydrogen (secondary N) is 1. The number of hydrogen-bond acceptors (Lipinski definition) is 4. The van der Waals surface area contributed by atoms with E-state index in [9.17, 15) is 10.1 Å². The van der Waals surface area contributed by atoms with Gasteiger partial charge in [0.15, 0.2) is 0 Å². The molecule has 0 spiro atoms. The highest BCUT2D eigenvalue weighted by Crippen LogP contribution is 2.29. The maximum atomic E-state index is 12.2. The molecular weight excluding hydrogens is 314 g/mol. The van der Waals surface area contributed by atoms with Crippen LogP contribution in [-0.4, -0.2) is 37.0 Å². The van der Waals surface area contributed by atoms with Crippen LogP contribution in [0.2, 0.25) is 5.02 Å². The number of nitrogens with zero attached hydrogens (tertiary/aromatic N) is 2. The van der Waals surface area contributed by atoms with Crippen molar-refractivity contribution < 1.29 is 9.53 Å². The van der Waals surface area contributed by atoms with Crippen LogP contribution in [0.1, 0.15) is 31.2 Å². The molecule has 1 N–H and O–H groups in total. The minimum absolute atomic E-state index is 0.128. The molecule has 1 aromatic carbocycles. The molecule has 0 saturated heterocycles. The van der Waals surface area contributed by atoms with Crippen LogP contribution in [0.5, 0.6) is 5.75 Å².